The maximum absolute atomic E-state index is 12.6. The van der Waals surface area contributed by atoms with Crippen molar-refractivity contribution in [3.05, 3.63) is 35.2 Å². The number of hydrogen-bond acceptors (Lipinski definition) is 3. The van der Waals surface area contributed by atoms with Gasteiger partial charge in [0.15, 0.2) is 10.8 Å². The van der Waals surface area contributed by atoms with Gasteiger partial charge in [-0.15, -0.1) is 0 Å². The smallest absolute Gasteiger partial charge is 0.311 e. The predicted octanol–water partition coefficient (Wildman–Crippen LogP) is 1.92. The normalized spacial score (nSPS) is 21.9. The quantitative estimate of drug-likeness (QED) is 0.920. The van der Waals surface area contributed by atoms with Gasteiger partial charge in [0.25, 0.3) is 5.91 Å². The van der Waals surface area contributed by atoms with E-state index in [1.807, 2.05) is 6.07 Å². The molecule has 0 aliphatic carbocycles. The zero-order chi connectivity index (χ0) is 15.2. The van der Waals surface area contributed by atoms with E-state index in [-0.39, 0.29) is 23.3 Å². The summed E-state index contributed by atoms with van der Waals surface area (Å²) >= 11 is 6.08. The molecule has 7 heteroatoms. The third-order valence-corrected chi connectivity index (χ3v) is 4.23. The highest BCUT2D eigenvalue weighted by Gasteiger charge is 2.43. The number of rotatable bonds is 2. The summed E-state index contributed by atoms with van der Waals surface area (Å²) < 4.78 is 1.63. The molecule has 1 atom stereocenters. The number of aromatic nitrogens is 2. The number of carbonyl (C=O) groups is 2. The van der Waals surface area contributed by atoms with Crippen LogP contribution in [0.3, 0.4) is 0 Å². The van der Waals surface area contributed by atoms with Gasteiger partial charge in [0, 0.05) is 19.3 Å². The molecule has 21 heavy (non-hydrogen) atoms. The molecule has 0 radical (unpaired) electrons. The Morgan fingerprint density at radius 3 is 2.86 bits per heavy atom. The molecule has 1 amide bonds. The first-order valence-corrected chi connectivity index (χ1v) is 6.95. The molecule has 0 aromatic carbocycles. The van der Waals surface area contributed by atoms with Crippen LogP contribution >= 0.6 is 11.6 Å². The van der Waals surface area contributed by atoms with E-state index in [0.717, 1.165) is 0 Å². The largest absolute Gasteiger partial charge is 0.481 e. The molecule has 0 spiro atoms. The molecule has 3 rings (SSSR count). The van der Waals surface area contributed by atoms with Crippen LogP contribution in [0.4, 0.5) is 0 Å². The minimum atomic E-state index is -0.900. The first kappa shape index (κ1) is 13.9. The Kier molecular flexibility index (Phi) is 3.13. The van der Waals surface area contributed by atoms with E-state index < -0.39 is 11.4 Å². The fourth-order valence-electron chi connectivity index (χ4n) is 2.62. The van der Waals surface area contributed by atoms with Gasteiger partial charge < -0.3 is 10.0 Å². The van der Waals surface area contributed by atoms with Crippen LogP contribution in [0.15, 0.2) is 24.4 Å². The average molecular weight is 308 g/mol. The Bertz CT molecular complexity index is 742. The number of carboxylic acid groups (broad SMARTS) is 1. The van der Waals surface area contributed by atoms with Crippen molar-refractivity contribution in [3.8, 4) is 0 Å². The van der Waals surface area contributed by atoms with Gasteiger partial charge >= 0.3 is 5.97 Å². The second kappa shape index (κ2) is 4.73. The van der Waals surface area contributed by atoms with Crippen LogP contribution in [-0.2, 0) is 4.79 Å². The molecule has 110 valence electrons. The summed E-state index contributed by atoms with van der Waals surface area (Å²) in [5, 5.41) is 9.38. The number of amides is 1. The molecular formula is C14H14ClN3O3. The van der Waals surface area contributed by atoms with Crippen molar-refractivity contribution in [3.63, 3.8) is 0 Å². The molecule has 2 aromatic rings. The Morgan fingerprint density at radius 2 is 2.19 bits per heavy atom. The second-order valence-corrected chi connectivity index (χ2v) is 5.88. The SMILES string of the molecule is CC1(C(=O)O)CCN(C(=O)c2c(Cl)nc3ccccn23)C1. The number of pyridine rings is 1. The van der Waals surface area contributed by atoms with Crippen LogP contribution in [0, 0.1) is 5.41 Å². The minimum absolute atomic E-state index is 0.134. The van der Waals surface area contributed by atoms with Gasteiger partial charge in [-0.05, 0) is 25.5 Å². The third-order valence-electron chi connectivity index (χ3n) is 3.97. The Balaban J connectivity index is 1.95. The average Bonchev–Trinajstić information content (AvgIpc) is 2.99. The summed E-state index contributed by atoms with van der Waals surface area (Å²) in [4.78, 5) is 29.6. The molecule has 0 saturated carbocycles. The number of aliphatic carboxylic acids is 1. The van der Waals surface area contributed by atoms with Crippen molar-refractivity contribution < 1.29 is 14.7 Å². The number of carbonyl (C=O) groups excluding carboxylic acids is 1. The van der Waals surface area contributed by atoms with Crippen molar-refractivity contribution in [2.75, 3.05) is 13.1 Å². The summed E-state index contributed by atoms with van der Waals surface area (Å²) in [5.74, 6) is -1.18. The molecular weight excluding hydrogens is 294 g/mol. The Morgan fingerprint density at radius 1 is 1.43 bits per heavy atom. The van der Waals surface area contributed by atoms with E-state index in [4.69, 9.17) is 11.6 Å². The molecule has 6 nitrogen and oxygen atoms in total. The van der Waals surface area contributed by atoms with E-state index in [2.05, 4.69) is 4.98 Å². The van der Waals surface area contributed by atoms with Gasteiger partial charge in [-0.1, -0.05) is 17.7 Å². The lowest BCUT2D eigenvalue weighted by molar-refractivity contribution is -0.147. The highest BCUT2D eigenvalue weighted by Crippen LogP contribution is 2.32. The second-order valence-electron chi connectivity index (χ2n) is 5.52. The number of nitrogens with zero attached hydrogens (tertiary/aromatic N) is 3. The number of halogens is 1. The summed E-state index contributed by atoms with van der Waals surface area (Å²) in [5.41, 5.74) is -0.0317. The van der Waals surface area contributed by atoms with Crippen LogP contribution in [0.25, 0.3) is 5.65 Å². The van der Waals surface area contributed by atoms with Crippen LogP contribution < -0.4 is 0 Å². The fraction of sp³-hybridized carbons (Fsp3) is 0.357. The van der Waals surface area contributed by atoms with Crippen LogP contribution in [0.1, 0.15) is 23.8 Å². The van der Waals surface area contributed by atoms with Gasteiger partial charge in [0.1, 0.15) is 5.65 Å². The predicted molar refractivity (Wildman–Crippen MR) is 76.5 cm³/mol. The first-order valence-electron chi connectivity index (χ1n) is 6.58. The number of carboxylic acids is 1. The molecule has 1 saturated heterocycles. The molecule has 2 aromatic heterocycles. The van der Waals surface area contributed by atoms with Crippen molar-refractivity contribution in [2.45, 2.75) is 13.3 Å². The minimum Gasteiger partial charge on any atom is -0.481 e. The Labute approximate surface area is 125 Å². The van der Waals surface area contributed by atoms with Crippen molar-refractivity contribution in [1.29, 1.82) is 0 Å². The molecule has 1 unspecified atom stereocenters. The maximum atomic E-state index is 12.6. The monoisotopic (exact) mass is 307 g/mol. The van der Waals surface area contributed by atoms with Gasteiger partial charge in [0.2, 0.25) is 0 Å². The highest BCUT2D eigenvalue weighted by molar-refractivity contribution is 6.32. The highest BCUT2D eigenvalue weighted by atomic mass is 35.5. The summed E-state index contributed by atoms with van der Waals surface area (Å²) in [6, 6.07) is 5.35. The fourth-order valence-corrected chi connectivity index (χ4v) is 2.88. The third kappa shape index (κ3) is 2.15. The van der Waals surface area contributed by atoms with Gasteiger partial charge in [0.05, 0.1) is 5.41 Å². The first-order chi connectivity index (χ1) is 9.92. The lowest BCUT2D eigenvalue weighted by Crippen LogP contribution is -2.35. The van der Waals surface area contributed by atoms with E-state index in [0.29, 0.717) is 18.6 Å². The van der Waals surface area contributed by atoms with Crippen molar-refractivity contribution in [2.24, 2.45) is 5.41 Å². The Hall–Kier alpha value is -2.08. The van der Waals surface area contributed by atoms with Crippen LogP contribution in [-0.4, -0.2) is 44.4 Å². The molecule has 1 aliphatic heterocycles. The zero-order valence-corrected chi connectivity index (χ0v) is 12.2. The summed E-state index contributed by atoms with van der Waals surface area (Å²) in [7, 11) is 0. The number of likely N-dealkylation sites (tertiary alicyclic amines) is 1. The molecule has 3 heterocycles. The van der Waals surface area contributed by atoms with Crippen molar-refractivity contribution >= 4 is 29.1 Å². The number of hydrogen-bond donors (Lipinski definition) is 1. The van der Waals surface area contributed by atoms with E-state index in [9.17, 15) is 14.7 Å². The zero-order valence-electron chi connectivity index (χ0n) is 11.4. The van der Waals surface area contributed by atoms with Crippen LogP contribution in [0.5, 0.6) is 0 Å². The van der Waals surface area contributed by atoms with Crippen LogP contribution in [0.2, 0.25) is 5.15 Å². The number of fused-ring (bicyclic) bond motifs is 1. The number of imidazole rings is 1. The van der Waals surface area contributed by atoms with E-state index >= 15 is 0 Å². The molecule has 1 fully saturated rings. The van der Waals surface area contributed by atoms with Gasteiger partial charge in [-0.2, -0.15) is 0 Å². The van der Waals surface area contributed by atoms with Gasteiger partial charge in [-0.3, -0.25) is 14.0 Å². The van der Waals surface area contributed by atoms with Gasteiger partial charge in [-0.25, -0.2) is 4.98 Å². The lowest BCUT2D eigenvalue weighted by atomic mass is 9.90. The van der Waals surface area contributed by atoms with E-state index in [1.165, 1.54) is 4.90 Å². The van der Waals surface area contributed by atoms with Crippen molar-refractivity contribution in [1.82, 2.24) is 14.3 Å². The standard InChI is InChI=1S/C14H14ClN3O3/c1-14(13(20)21)5-7-17(8-14)12(19)10-11(15)16-9-4-2-3-6-18(9)10/h2-4,6H,5,7-8H2,1H3,(H,20,21). The van der Waals surface area contributed by atoms with E-state index in [1.54, 1.807) is 29.7 Å². The topological polar surface area (TPSA) is 74.9 Å². The lowest BCUT2D eigenvalue weighted by Gasteiger charge is -2.20. The molecule has 1 aliphatic rings. The molecule has 1 N–H and O–H groups in total. The maximum Gasteiger partial charge on any atom is 0.311 e. The summed E-state index contributed by atoms with van der Waals surface area (Å²) in [6.07, 6.45) is 2.15. The summed E-state index contributed by atoms with van der Waals surface area (Å²) in [6.45, 7) is 2.23. The molecule has 0 bridgehead atoms.